The van der Waals surface area contributed by atoms with Crippen LogP contribution in [0.2, 0.25) is 0 Å². The summed E-state index contributed by atoms with van der Waals surface area (Å²) in [4.78, 5) is 4.33. The van der Waals surface area contributed by atoms with Crippen molar-refractivity contribution in [2.45, 2.75) is 25.2 Å². The minimum Gasteiger partial charge on any atom is -0.394 e. The fourth-order valence-electron chi connectivity index (χ4n) is 2.23. The van der Waals surface area contributed by atoms with Crippen molar-refractivity contribution in [3.63, 3.8) is 0 Å². The van der Waals surface area contributed by atoms with E-state index in [9.17, 15) is 0 Å². The van der Waals surface area contributed by atoms with Crippen molar-refractivity contribution in [2.75, 3.05) is 6.61 Å². The summed E-state index contributed by atoms with van der Waals surface area (Å²) >= 11 is 0. The molecule has 16 heavy (non-hydrogen) atoms. The lowest BCUT2D eigenvalue weighted by Crippen LogP contribution is -2.13. The first-order valence-corrected chi connectivity index (χ1v) is 5.56. The Morgan fingerprint density at radius 2 is 2.25 bits per heavy atom. The highest BCUT2D eigenvalue weighted by Crippen LogP contribution is 2.30. The predicted octanol–water partition coefficient (Wildman–Crippen LogP) is 1.71. The molecule has 1 aliphatic rings. The summed E-state index contributed by atoms with van der Waals surface area (Å²) < 4.78 is 7.78. The molecule has 0 amide bonds. The van der Waals surface area contributed by atoms with Crippen molar-refractivity contribution in [2.24, 2.45) is 0 Å². The Bertz CT molecular complexity index is 494. The zero-order chi connectivity index (χ0) is 11.0. The molecule has 3 rings (SSSR count). The van der Waals surface area contributed by atoms with Gasteiger partial charge in [-0.15, -0.1) is 0 Å². The van der Waals surface area contributed by atoms with Crippen LogP contribution >= 0.6 is 0 Å². The van der Waals surface area contributed by atoms with Gasteiger partial charge in [-0.05, 0) is 25.0 Å². The van der Waals surface area contributed by atoms with Gasteiger partial charge in [-0.25, -0.2) is 4.98 Å². The summed E-state index contributed by atoms with van der Waals surface area (Å²) in [6, 6.07) is 8.01. The van der Waals surface area contributed by atoms with Crippen molar-refractivity contribution in [1.82, 2.24) is 9.55 Å². The fourth-order valence-corrected chi connectivity index (χ4v) is 2.23. The lowest BCUT2D eigenvalue weighted by atomic mass is 10.2. The third-order valence-electron chi connectivity index (χ3n) is 3.08. The first-order valence-electron chi connectivity index (χ1n) is 5.56. The minimum atomic E-state index is -0.0221. The zero-order valence-electron chi connectivity index (χ0n) is 8.91. The molecular formula is C12H14N2O2. The highest BCUT2D eigenvalue weighted by molar-refractivity contribution is 5.75. The van der Waals surface area contributed by atoms with Gasteiger partial charge in [0.15, 0.2) is 0 Å². The van der Waals surface area contributed by atoms with E-state index < -0.39 is 0 Å². The maximum Gasteiger partial charge on any atom is 0.135 e. The molecule has 1 fully saturated rings. The molecule has 0 saturated carbocycles. The van der Waals surface area contributed by atoms with E-state index in [0.717, 1.165) is 23.9 Å². The molecule has 1 N–H and O–H groups in total. The van der Waals surface area contributed by atoms with Crippen LogP contribution in [-0.2, 0) is 4.74 Å². The van der Waals surface area contributed by atoms with E-state index in [-0.39, 0.29) is 18.9 Å². The molecule has 2 aromatic rings. The number of hydrogen-bond acceptors (Lipinski definition) is 3. The third kappa shape index (κ3) is 1.50. The molecule has 1 saturated heterocycles. The van der Waals surface area contributed by atoms with Gasteiger partial charge in [-0.2, -0.15) is 0 Å². The Morgan fingerprint density at radius 3 is 3.06 bits per heavy atom. The van der Waals surface area contributed by atoms with E-state index in [4.69, 9.17) is 9.84 Å². The molecule has 0 aliphatic carbocycles. The second-order valence-corrected chi connectivity index (χ2v) is 4.11. The van der Waals surface area contributed by atoms with Gasteiger partial charge in [0.2, 0.25) is 0 Å². The van der Waals surface area contributed by atoms with E-state index >= 15 is 0 Å². The average molecular weight is 218 g/mol. The SMILES string of the molecule is OC[C@@H]1CC[C@@H](n2cnc3ccccc32)O1. The number of aromatic nitrogens is 2. The van der Waals surface area contributed by atoms with Crippen LogP contribution in [0.1, 0.15) is 19.1 Å². The van der Waals surface area contributed by atoms with Crippen molar-refractivity contribution in [1.29, 1.82) is 0 Å². The van der Waals surface area contributed by atoms with Crippen molar-refractivity contribution >= 4 is 11.0 Å². The van der Waals surface area contributed by atoms with E-state index in [1.807, 2.05) is 35.2 Å². The Kier molecular flexibility index (Phi) is 2.38. The summed E-state index contributed by atoms with van der Waals surface area (Å²) in [5, 5.41) is 9.04. The number of benzene rings is 1. The molecule has 0 bridgehead atoms. The average Bonchev–Trinajstić information content (AvgIpc) is 2.94. The number of ether oxygens (including phenoxy) is 1. The van der Waals surface area contributed by atoms with E-state index in [2.05, 4.69) is 4.98 Å². The number of rotatable bonds is 2. The third-order valence-corrected chi connectivity index (χ3v) is 3.08. The fraction of sp³-hybridized carbons (Fsp3) is 0.417. The van der Waals surface area contributed by atoms with Crippen LogP contribution in [-0.4, -0.2) is 27.4 Å². The lowest BCUT2D eigenvalue weighted by molar-refractivity contribution is -0.0204. The molecule has 1 aromatic heterocycles. The zero-order valence-corrected chi connectivity index (χ0v) is 8.91. The van der Waals surface area contributed by atoms with Gasteiger partial charge < -0.3 is 14.4 Å². The number of nitrogens with zero attached hydrogens (tertiary/aromatic N) is 2. The smallest absolute Gasteiger partial charge is 0.135 e. The molecule has 2 atom stereocenters. The maximum atomic E-state index is 9.04. The highest BCUT2D eigenvalue weighted by atomic mass is 16.5. The van der Waals surface area contributed by atoms with Crippen LogP contribution in [0.5, 0.6) is 0 Å². The summed E-state index contributed by atoms with van der Waals surface area (Å²) in [5.41, 5.74) is 2.07. The monoisotopic (exact) mass is 218 g/mol. The quantitative estimate of drug-likeness (QED) is 0.834. The van der Waals surface area contributed by atoms with Crippen LogP contribution in [0.15, 0.2) is 30.6 Å². The van der Waals surface area contributed by atoms with Gasteiger partial charge in [-0.3, -0.25) is 0 Å². The largest absolute Gasteiger partial charge is 0.394 e. The number of aliphatic hydroxyl groups is 1. The molecule has 1 aliphatic heterocycles. The summed E-state index contributed by atoms with van der Waals surface area (Å²) in [5.74, 6) is 0. The first-order chi connectivity index (χ1) is 7.88. The van der Waals surface area contributed by atoms with Crippen LogP contribution < -0.4 is 0 Å². The van der Waals surface area contributed by atoms with Crippen molar-refractivity contribution in [3.05, 3.63) is 30.6 Å². The predicted molar refractivity (Wildman–Crippen MR) is 60.0 cm³/mol. The molecule has 4 heteroatoms. The van der Waals surface area contributed by atoms with E-state index in [1.165, 1.54) is 0 Å². The van der Waals surface area contributed by atoms with E-state index in [0.29, 0.717) is 0 Å². The Morgan fingerprint density at radius 1 is 1.38 bits per heavy atom. The second kappa shape index (κ2) is 3.88. The Labute approximate surface area is 93.5 Å². The van der Waals surface area contributed by atoms with Gasteiger partial charge in [-0.1, -0.05) is 12.1 Å². The molecular weight excluding hydrogens is 204 g/mol. The van der Waals surface area contributed by atoms with Crippen LogP contribution in [0.3, 0.4) is 0 Å². The van der Waals surface area contributed by atoms with Crippen molar-refractivity contribution < 1.29 is 9.84 Å². The van der Waals surface area contributed by atoms with Gasteiger partial charge in [0.25, 0.3) is 0 Å². The Hall–Kier alpha value is -1.39. The van der Waals surface area contributed by atoms with Gasteiger partial charge >= 0.3 is 0 Å². The summed E-state index contributed by atoms with van der Waals surface area (Å²) in [6.45, 7) is 0.100. The number of aliphatic hydroxyl groups excluding tert-OH is 1. The summed E-state index contributed by atoms with van der Waals surface area (Å²) in [6.07, 6.45) is 3.66. The number of para-hydroxylation sites is 2. The highest BCUT2D eigenvalue weighted by Gasteiger charge is 2.26. The van der Waals surface area contributed by atoms with Crippen molar-refractivity contribution in [3.8, 4) is 0 Å². The maximum absolute atomic E-state index is 9.04. The second-order valence-electron chi connectivity index (χ2n) is 4.11. The standard InChI is InChI=1S/C12H14N2O2/c15-7-9-5-6-12(16-9)14-8-13-10-3-1-2-4-11(10)14/h1-4,8-9,12,15H,5-7H2/t9-,12-/m0/s1. The molecule has 0 radical (unpaired) electrons. The molecule has 0 unspecified atom stereocenters. The van der Waals surface area contributed by atoms with Crippen LogP contribution in [0, 0.1) is 0 Å². The van der Waals surface area contributed by atoms with Gasteiger partial charge in [0.1, 0.15) is 6.23 Å². The summed E-state index contributed by atoms with van der Waals surface area (Å²) in [7, 11) is 0. The van der Waals surface area contributed by atoms with Gasteiger partial charge in [0.05, 0.1) is 30.1 Å². The normalized spacial score (nSPS) is 25.3. The Balaban J connectivity index is 1.95. The van der Waals surface area contributed by atoms with Crippen LogP contribution in [0.4, 0.5) is 0 Å². The molecule has 4 nitrogen and oxygen atoms in total. The molecule has 1 aromatic carbocycles. The van der Waals surface area contributed by atoms with Crippen LogP contribution in [0.25, 0.3) is 11.0 Å². The topological polar surface area (TPSA) is 47.3 Å². The molecule has 0 spiro atoms. The number of imidazole rings is 1. The molecule has 2 heterocycles. The first kappa shape index (κ1) is 9.81. The minimum absolute atomic E-state index is 0.0181. The lowest BCUT2D eigenvalue weighted by Gasteiger charge is -2.14. The molecule has 84 valence electrons. The number of fused-ring (bicyclic) bond motifs is 1. The van der Waals surface area contributed by atoms with Gasteiger partial charge in [0, 0.05) is 0 Å². The van der Waals surface area contributed by atoms with E-state index in [1.54, 1.807) is 0 Å². The number of hydrogen-bond donors (Lipinski definition) is 1.